The van der Waals surface area contributed by atoms with Gasteiger partial charge in [0.15, 0.2) is 5.78 Å². The molecule has 0 saturated heterocycles. The van der Waals surface area contributed by atoms with Crippen LogP contribution in [0.3, 0.4) is 0 Å². The third kappa shape index (κ3) is 2.80. The van der Waals surface area contributed by atoms with Crippen molar-refractivity contribution in [1.82, 2.24) is 0 Å². The van der Waals surface area contributed by atoms with E-state index in [-0.39, 0.29) is 5.78 Å². The van der Waals surface area contributed by atoms with Gasteiger partial charge >= 0.3 is 0 Å². The molecule has 0 fully saturated rings. The zero-order chi connectivity index (χ0) is 11.2. The van der Waals surface area contributed by atoms with Crippen LogP contribution in [-0.4, -0.2) is 5.78 Å². The molecule has 0 heterocycles. The van der Waals surface area contributed by atoms with Crippen molar-refractivity contribution in [2.45, 2.75) is 12.8 Å². The summed E-state index contributed by atoms with van der Waals surface area (Å²) in [7, 11) is 0. The SMILES string of the molecule is O=C(/C=C/c1ccccc1)C1=CCCC=C1. The number of hydrogen-bond acceptors (Lipinski definition) is 1. The third-order valence-electron chi connectivity index (χ3n) is 2.51. The summed E-state index contributed by atoms with van der Waals surface area (Å²) in [5.41, 5.74) is 1.86. The van der Waals surface area contributed by atoms with Crippen LogP contribution in [0.5, 0.6) is 0 Å². The van der Waals surface area contributed by atoms with Crippen molar-refractivity contribution in [2.75, 3.05) is 0 Å². The van der Waals surface area contributed by atoms with Crippen LogP contribution >= 0.6 is 0 Å². The zero-order valence-corrected chi connectivity index (χ0v) is 9.10. The summed E-state index contributed by atoms with van der Waals surface area (Å²) < 4.78 is 0. The van der Waals surface area contributed by atoms with Gasteiger partial charge in [0.05, 0.1) is 0 Å². The molecule has 1 aromatic carbocycles. The lowest BCUT2D eigenvalue weighted by Crippen LogP contribution is -1.97. The van der Waals surface area contributed by atoms with Crippen molar-refractivity contribution >= 4 is 11.9 Å². The van der Waals surface area contributed by atoms with Crippen molar-refractivity contribution in [3.05, 3.63) is 65.8 Å². The van der Waals surface area contributed by atoms with E-state index >= 15 is 0 Å². The predicted octanol–water partition coefficient (Wildman–Crippen LogP) is 3.55. The molecule has 16 heavy (non-hydrogen) atoms. The lowest BCUT2D eigenvalue weighted by Gasteiger charge is -2.02. The van der Waals surface area contributed by atoms with Gasteiger partial charge in [-0.2, -0.15) is 0 Å². The fraction of sp³-hybridized carbons (Fsp3) is 0.133. The molecule has 0 unspecified atom stereocenters. The molecule has 80 valence electrons. The van der Waals surface area contributed by atoms with Gasteiger partial charge < -0.3 is 0 Å². The minimum absolute atomic E-state index is 0.0832. The summed E-state index contributed by atoms with van der Waals surface area (Å²) in [6, 6.07) is 9.85. The van der Waals surface area contributed by atoms with Crippen molar-refractivity contribution < 1.29 is 4.79 Å². The summed E-state index contributed by atoms with van der Waals surface area (Å²) in [4.78, 5) is 11.8. The molecule has 0 saturated carbocycles. The van der Waals surface area contributed by atoms with Gasteiger partial charge in [0, 0.05) is 5.57 Å². The Labute approximate surface area is 95.8 Å². The maximum absolute atomic E-state index is 11.8. The van der Waals surface area contributed by atoms with Gasteiger partial charge in [-0.05, 0) is 24.5 Å². The molecule has 1 nitrogen and oxygen atoms in total. The lowest BCUT2D eigenvalue weighted by molar-refractivity contribution is -0.111. The van der Waals surface area contributed by atoms with Crippen molar-refractivity contribution in [3.63, 3.8) is 0 Å². The number of rotatable bonds is 3. The lowest BCUT2D eigenvalue weighted by atomic mass is 10.0. The predicted molar refractivity (Wildman–Crippen MR) is 66.9 cm³/mol. The summed E-state index contributed by atoms with van der Waals surface area (Å²) >= 11 is 0. The molecule has 0 aliphatic heterocycles. The van der Waals surface area contributed by atoms with Crippen molar-refractivity contribution in [2.24, 2.45) is 0 Å². The molecule has 1 aromatic rings. The highest BCUT2D eigenvalue weighted by Crippen LogP contribution is 2.11. The first-order chi connectivity index (χ1) is 7.86. The van der Waals surface area contributed by atoms with Gasteiger partial charge in [-0.1, -0.05) is 54.6 Å². The second kappa shape index (κ2) is 5.26. The molecule has 0 radical (unpaired) electrons. The highest BCUT2D eigenvalue weighted by atomic mass is 16.1. The molecular weight excluding hydrogens is 196 g/mol. The molecule has 0 atom stereocenters. The zero-order valence-electron chi connectivity index (χ0n) is 9.10. The van der Waals surface area contributed by atoms with Crippen molar-refractivity contribution in [1.29, 1.82) is 0 Å². The van der Waals surface area contributed by atoms with Crippen LogP contribution in [0.2, 0.25) is 0 Å². The van der Waals surface area contributed by atoms with Crippen LogP contribution in [0.4, 0.5) is 0 Å². The van der Waals surface area contributed by atoms with Crippen LogP contribution in [-0.2, 0) is 4.79 Å². The van der Waals surface area contributed by atoms with E-state index in [1.165, 1.54) is 0 Å². The largest absolute Gasteiger partial charge is 0.289 e. The van der Waals surface area contributed by atoms with E-state index in [1.54, 1.807) is 6.08 Å². The first-order valence-electron chi connectivity index (χ1n) is 5.50. The molecule has 1 aliphatic rings. The average molecular weight is 210 g/mol. The smallest absolute Gasteiger partial charge is 0.185 e. The first-order valence-corrected chi connectivity index (χ1v) is 5.50. The first kappa shape index (κ1) is 10.6. The summed E-state index contributed by atoms with van der Waals surface area (Å²) in [6.45, 7) is 0. The molecule has 0 aromatic heterocycles. The standard InChI is InChI=1S/C15H14O/c16-15(14-9-5-2-6-10-14)12-11-13-7-3-1-4-8-13/h1,3-5,7-12H,2,6H2/b12-11+. The van der Waals surface area contributed by atoms with E-state index in [2.05, 4.69) is 0 Å². The number of benzene rings is 1. The summed E-state index contributed by atoms with van der Waals surface area (Å²) in [6.07, 6.45) is 11.4. The number of allylic oxidation sites excluding steroid dienone is 5. The van der Waals surface area contributed by atoms with Crippen LogP contribution in [0.25, 0.3) is 6.08 Å². The van der Waals surface area contributed by atoms with Gasteiger partial charge in [-0.3, -0.25) is 4.79 Å². The highest BCUT2D eigenvalue weighted by molar-refractivity contribution is 6.08. The van der Waals surface area contributed by atoms with Gasteiger partial charge in [0.25, 0.3) is 0 Å². The maximum Gasteiger partial charge on any atom is 0.185 e. The summed E-state index contributed by atoms with van der Waals surface area (Å²) in [5, 5.41) is 0. The van der Waals surface area contributed by atoms with E-state index in [9.17, 15) is 4.79 Å². The number of ketones is 1. The van der Waals surface area contributed by atoms with Gasteiger partial charge in [-0.25, -0.2) is 0 Å². The Balaban J connectivity index is 2.05. The van der Waals surface area contributed by atoms with E-state index in [0.29, 0.717) is 0 Å². The Morgan fingerprint density at radius 2 is 1.94 bits per heavy atom. The number of carbonyl (C=O) groups is 1. The molecule has 0 spiro atoms. The van der Waals surface area contributed by atoms with Crippen molar-refractivity contribution in [3.8, 4) is 0 Å². The second-order valence-electron chi connectivity index (χ2n) is 3.75. The molecule has 1 heteroatoms. The monoisotopic (exact) mass is 210 g/mol. The average Bonchev–Trinajstić information content (AvgIpc) is 2.38. The Morgan fingerprint density at radius 3 is 2.62 bits per heavy atom. The van der Waals surface area contributed by atoms with Crippen LogP contribution in [0.1, 0.15) is 18.4 Å². The van der Waals surface area contributed by atoms with E-state index < -0.39 is 0 Å². The normalized spacial score (nSPS) is 15.1. The van der Waals surface area contributed by atoms with Gasteiger partial charge in [0.2, 0.25) is 0 Å². The van der Waals surface area contributed by atoms with E-state index in [4.69, 9.17) is 0 Å². The Hall–Kier alpha value is -1.89. The Kier molecular flexibility index (Phi) is 3.50. The highest BCUT2D eigenvalue weighted by Gasteiger charge is 2.03. The molecule has 1 aliphatic carbocycles. The molecule has 0 amide bonds. The van der Waals surface area contributed by atoms with Crippen LogP contribution in [0.15, 0.2) is 60.2 Å². The van der Waals surface area contributed by atoms with Gasteiger partial charge in [-0.15, -0.1) is 0 Å². The van der Waals surface area contributed by atoms with E-state index in [1.807, 2.05) is 54.6 Å². The minimum Gasteiger partial charge on any atom is -0.289 e. The number of hydrogen-bond donors (Lipinski definition) is 0. The fourth-order valence-electron chi connectivity index (χ4n) is 1.63. The fourth-order valence-corrected chi connectivity index (χ4v) is 1.63. The Morgan fingerprint density at radius 1 is 1.12 bits per heavy atom. The van der Waals surface area contributed by atoms with Crippen LogP contribution in [0, 0.1) is 0 Å². The topological polar surface area (TPSA) is 17.1 Å². The third-order valence-corrected chi connectivity index (χ3v) is 2.51. The van der Waals surface area contributed by atoms with E-state index in [0.717, 1.165) is 24.0 Å². The second-order valence-corrected chi connectivity index (χ2v) is 3.75. The minimum atomic E-state index is 0.0832. The maximum atomic E-state index is 11.8. The Bertz CT molecular complexity index is 450. The molecule has 0 N–H and O–H groups in total. The molecular formula is C15H14O. The quantitative estimate of drug-likeness (QED) is 0.697. The summed E-state index contributed by atoms with van der Waals surface area (Å²) in [5.74, 6) is 0.0832. The molecule has 0 bridgehead atoms. The van der Waals surface area contributed by atoms with Gasteiger partial charge in [0.1, 0.15) is 0 Å². The number of carbonyl (C=O) groups excluding carboxylic acids is 1. The molecule has 2 rings (SSSR count). The van der Waals surface area contributed by atoms with Crippen LogP contribution < -0.4 is 0 Å².